The minimum Gasteiger partial charge on any atom is -0.376 e. The van der Waals surface area contributed by atoms with Gasteiger partial charge in [0.05, 0.1) is 6.10 Å². The van der Waals surface area contributed by atoms with Crippen molar-refractivity contribution >= 4 is 52.0 Å². The van der Waals surface area contributed by atoms with E-state index in [1.807, 2.05) is 48.9 Å². The molecule has 3 heterocycles. The summed E-state index contributed by atoms with van der Waals surface area (Å²) in [4.78, 5) is 41.5. The molecule has 174 valence electrons. The molecule has 1 aromatic carbocycles. The number of rotatable bonds is 7. The van der Waals surface area contributed by atoms with Gasteiger partial charge in [-0.25, -0.2) is 0 Å². The van der Waals surface area contributed by atoms with Crippen LogP contribution in [0, 0.1) is 0 Å². The molecule has 9 heteroatoms. The molecular weight excluding hydrogens is 440 g/mol. The summed E-state index contributed by atoms with van der Waals surface area (Å²) >= 11 is 5.34. The van der Waals surface area contributed by atoms with Crippen LogP contribution < -0.4 is 5.32 Å². The number of hydrogen-bond acceptors (Lipinski definition) is 5. The predicted octanol–water partition coefficient (Wildman–Crippen LogP) is 2.32. The van der Waals surface area contributed by atoms with Crippen molar-refractivity contribution in [1.29, 1.82) is 0 Å². The second-order valence-electron chi connectivity index (χ2n) is 8.11. The van der Waals surface area contributed by atoms with Crippen molar-refractivity contribution < 1.29 is 19.1 Å². The van der Waals surface area contributed by atoms with Gasteiger partial charge in [0.2, 0.25) is 5.91 Å². The summed E-state index contributed by atoms with van der Waals surface area (Å²) in [7, 11) is 0. The molecule has 0 radical (unpaired) electrons. The summed E-state index contributed by atoms with van der Waals surface area (Å²) < 4.78 is 7.40. The Labute approximate surface area is 198 Å². The van der Waals surface area contributed by atoms with Crippen molar-refractivity contribution in [2.24, 2.45) is 0 Å². The molecule has 33 heavy (non-hydrogen) atoms. The van der Waals surface area contributed by atoms with Crippen LogP contribution in [0.5, 0.6) is 0 Å². The first-order valence-electron chi connectivity index (χ1n) is 11.3. The number of likely N-dealkylation sites (N-methyl/N-ethyl adjacent to an activating group) is 2. The second-order valence-corrected chi connectivity index (χ2v) is 8.47. The Morgan fingerprint density at radius 3 is 2.52 bits per heavy atom. The minimum absolute atomic E-state index is 0.0676. The van der Waals surface area contributed by atoms with Crippen LogP contribution >= 0.6 is 12.2 Å². The zero-order valence-corrected chi connectivity index (χ0v) is 19.7. The van der Waals surface area contributed by atoms with E-state index in [9.17, 15) is 14.4 Å². The number of amides is 3. The van der Waals surface area contributed by atoms with Crippen molar-refractivity contribution in [3.05, 3.63) is 41.6 Å². The van der Waals surface area contributed by atoms with Crippen LogP contribution in [-0.2, 0) is 25.7 Å². The quantitative estimate of drug-likeness (QED) is 0.383. The lowest BCUT2D eigenvalue weighted by Crippen LogP contribution is -2.55. The standard InChI is InChI=1S/C24H28N4O4S/c1-3-27-22(30)19(23(31)28(4-2)24(27)33)12-16-14-26(20-10-6-5-9-18(16)20)15-21(29)25-13-17-8-7-11-32-17/h5-6,9-10,12,14,17H,3-4,7-8,11,13,15H2,1-2H3,(H,25,29)/t17-/m0/s1. The van der Waals surface area contributed by atoms with Gasteiger partial charge in [-0.2, -0.15) is 0 Å². The molecule has 3 amide bonds. The highest BCUT2D eigenvalue weighted by atomic mass is 32.1. The Bertz CT molecular complexity index is 1100. The molecular formula is C24H28N4O4S. The van der Waals surface area contributed by atoms with Crippen LogP contribution in [0.25, 0.3) is 17.0 Å². The molecule has 0 aliphatic carbocycles. The lowest BCUT2D eigenvalue weighted by Gasteiger charge is -2.35. The molecule has 0 spiro atoms. The van der Waals surface area contributed by atoms with Gasteiger partial charge in [0.15, 0.2) is 5.11 Å². The SMILES string of the molecule is CCN1C(=O)C(=Cc2cn(CC(=O)NC[C@@H]3CCCO3)c3ccccc23)C(=O)N(CC)C1=S. The van der Waals surface area contributed by atoms with E-state index in [4.69, 9.17) is 17.0 Å². The summed E-state index contributed by atoms with van der Waals surface area (Å²) in [5, 5.41) is 4.03. The van der Waals surface area contributed by atoms with Gasteiger partial charge in [-0.1, -0.05) is 18.2 Å². The zero-order valence-electron chi connectivity index (χ0n) is 18.9. The fraction of sp³-hybridized carbons (Fsp3) is 0.417. The van der Waals surface area contributed by atoms with E-state index in [2.05, 4.69) is 5.32 Å². The van der Waals surface area contributed by atoms with Gasteiger partial charge in [-0.15, -0.1) is 0 Å². The normalized spacial score (nSPS) is 19.0. The highest BCUT2D eigenvalue weighted by Gasteiger charge is 2.38. The van der Waals surface area contributed by atoms with Gasteiger partial charge in [0, 0.05) is 48.9 Å². The van der Waals surface area contributed by atoms with Crippen LogP contribution in [0.1, 0.15) is 32.3 Å². The number of carbonyl (C=O) groups is 3. The highest BCUT2D eigenvalue weighted by molar-refractivity contribution is 7.80. The number of aromatic nitrogens is 1. The number of ether oxygens (including phenoxy) is 1. The molecule has 1 N–H and O–H groups in total. The minimum atomic E-state index is -0.400. The first kappa shape index (κ1) is 23.1. The second kappa shape index (κ2) is 9.84. The van der Waals surface area contributed by atoms with Gasteiger partial charge in [0.25, 0.3) is 11.8 Å². The van der Waals surface area contributed by atoms with Crippen molar-refractivity contribution in [2.45, 2.75) is 39.3 Å². The fourth-order valence-electron chi connectivity index (χ4n) is 4.30. The van der Waals surface area contributed by atoms with Crippen LogP contribution in [0.15, 0.2) is 36.0 Å². The summed E-state index contributed by atoms with van der Waals surface area (Å²) in [5.41, 5.74) is 1.62. The molecule has 2 saturated heterocycles. The third kappa shape index (κ3) is 4.56. The Hall–Kier alpha value is -3.04. The zero-order chi connectivity index (χ0) is 23.5. The van der Waals surface area contributed by atoms with E-state index in [0.29, 0.717) is 25.2 Å². The van der Waals surface area contributed by atoms with Gasteiger partial charge in [0.1, 0.15) is 12.1 Å². The highest BCUT2D eigenvalue weighted by Crippen LogP contribution is 2.26. The molecule has 1 atom stereocenters. The van der Waals surface area contributed by atoms with Crippen molar-refractivity contribution in [2.75, 3.05) is 26.2 Å². The van der Waals surface area contributed by atoms with Crippen molar-refractivity contribution in [1.82, 2.24) is 19.7 Å². The Balaban J connectivity index is 1.63. The van der Waals surface area contributed by atoms with E-state index in [1.165, 1.54) is 9.80 Å². The van der Waals surface area contributed by atoms with Gasteiger partial charge < -0.3 is 14.6 Å². The Morgan fingerprint density at radius 2 is 1.88 bits per heavy atom. The molecule has 0 bridgehead atoms. The molecule has 4 rings (SSSR count). The van der Waals surface area contributed by atoms with E-state index in [-0.39, 0.29) is 29.2 Å². The summed E-state index contributed by atoms with van der Waals surface area (Å²) in [6.45, 7) is 5.78. The maximum absolute atomic E-state index is 13.0. The van der Waals surface area contributed by atoms with Crippen molar-refractivity contribution in [3.63, 3.8) is 0 Å². The van der Waals surface area contributed by atoms with Crippen LogP contribution in [0.2, 0.25) is 0 Å². The van der Waals surface area contributed by atoms with Gasteiger partial charge in [-0.05, 0) is 51.0 Å². The predicted molar refractivity (Wildman–Crippen MR) is 129 cm³/mol. The number of thiocarbonyl (C=S) groups is 1. The Kier molecular flexibility index (Phi) is 6.90. The van der Waals surface area contributed by atoms with Crippen LogP contribution in [0.4, 0.5) is 0 Å². The number of nitrogens with one attached hydrogen (secondary N) is 1. The average molecular weight is 469 g/mol. The third-order valence-corrected chi connectivity index (χ3v) is 6.47. The number of nitrogens with zero attached hydrogens (tertiary/aromatic N) is 3. The fourth-order valence-corrected chi connectivity index (χ4v) is 4.73. The van der Waals surface area contributed by atoms with E-state index < -0.39 is 11.8 Å². The number of fused-ring (bicyclic) bond motifs is 1. The molecule has 2 aliphatic rings. The summed E-state index contributed by atoms with van der Waals surface area (Å²) in [6.07, 6.45) is 5.48. The van der Waals surface area contributed by atoms with Crippen molar-refractivity contribution in [3.8, 4) is 0 Å². The number of benzene rings is 1. The monoisotopic (exact) mass is 468 g/mol. The smallest absolute Gasteiger partial charge is 0.265 e. The molecule has 1 aromatic heterocycles. The van der Waals surface area contributed by atoms with E-state index in [1.54, 1.807) is 6.08 Å². The van der Waals surface area contributed by atoms with Gasteiger partial charge >= 0.3 is 0 Å². The molecule has 2 aromatic rings. The largest absolute Gasteiger partial charge is 0.376 e. The Morgan fingerprint density at radius 1 is 1.18 bits per heavy atom. The first-order valence-corrected chi connectivity index (χ1v) is 11.7. The molecule has 2 fully saturated rings. The maximum Gasteiger partial charge on any atom is 0.265 e. The summed E-state index contributed by atoms with van der Waals surface area (Å²) in [6, 6.07) is 7.62. The molecule has 2 aliphatic heterocycles. The lowest BCUT2D eigenvalue weighted by atomic mass is 10.1. The number of hydrogen-bond donors (Lipinski definition) is 1. The number of carbonyl (C=O) groups excluding carboxylic acids is 3. The third-order valence-electron chi connectivity index (χ3n) is 6.03. The van der Waals surface area contributed by atoms with Crippen LogP contribution in [0.3, 0.4) is 0 Å². The van der Waals surface area contributed by atoms with Gasteiger partial charge in [-0.3, -0.25) is 24.2 Å². The lowest BCUT2D eigenvalue weighted by molar-refractivity contribution is -0.133. The molecule has 8 nitrogen and oxygen atoms in total. The number of para-hydroxylation sites is 1. The van der Waals surface area contributed by atoms with E-state index in [0.717, 1.165) is 30.4 Å². The summed E-state index contributed by atoms with van der Waals surface area (Å²) in [5.74, 6) is -0.915. The maximum atomic E-state index is 13.0. The van der Waals surface area contributed by atoms with E-state index >= 15 is 0 Å². The van der Waals surface area contributed by atoms with Crippen LogP contribution in [-0.4, -0.2) is 69.5 Å². The molecule has 0 saturated carbocycles. The molecule has 0 unspecified atom stereocenters. The topological polar surface area (TPSA) is 83.9 Å². The first-order chi connectivity index (χ1) is 15.9. The average Bonchev–Trinajstić information content (AvgIpc) is 3.44.